The van der Waals surface area contributed by atoms with Crippen LogP contribution in [0.15, 0.2) is 83.8 Å². The number of anilines is 1. The first-order chi connectivity index (χ1) is 13.3. The Hall–Kier alpha value is -3.23. The fourth-order valence-corrected chi connectivity index (χ4v) is 4.15. The minimum atomic E-state index is -4.26. The lowest BCUT2D eigenvalue weighted by atomic mass is 10.2. The van der Waals surface area contributed by atoms with Crippen LogP contribution in [0.25, 0.3) is 0 Å². The highest BCUT2D eigenvalue weighted by Gasteiger charge is 2.32. The maximum atomic E-state index is 13.2. The summed E-state index contributed by atoms with van der Waals surface area (Å²) >= 11 is 5.79. The zero-order valence-corrected chi connectivity index (χ0v) is 15.8. The highest BCUT2D eigenvalue weighted by Crippen LogP contribution is 2.29. The summed E-state index contributed by atoms with van der Waals surface area (Å²) in [5.74, 6) is -0.935. The van der Waals surface area contributed by atoms with Crippen LogP contribution in [0, 0.1) is 10.1 Å². The molecule has 7 nitrogen and oxygen atoms in total. The summed E-state index contributed by atoms with van der Waals surface area (Å²) in [7, 11) is -4.26. The van der Waals surface area contributed by atoms with Gasteiger partial charge in [0.25, 0.3) is 21.6 Å². The molecule has 0 atom stereocenters. The lowest BCUT2D eigenvalue weighted by Crippen LogP contribution is -2.37. The van der Waals surface area contributed by atoms with Gasteiger partial charge in [-0.25, -0.2) is 8.42 Å². The molecular weight excluding hydrogens is 404 g/mol. The SMILES string of the molecule is O=C(c1ccc(Cl)c([N+](=O)[O-])c1)N(c1ccccc1)S(=O)(=O)c1ccccc1. The van der Waals surface area contributed by atoms with Gasteiger partial charge in [-0.1, -0.05) is 48.0 Å². The smallest absolute Gasteiger partial charge is 0.268 e. The molecule has 0 heterocycles. The lowest BCUT2D eigenvalue weighted by Gasteiger charge is -2.22. The van der Waals surface area contributed by atoms with Crippen molar-refractivity contribution in [2.24, 2.45) is 0 Å². The standard InChI is InChI=1S/C19H13ClN2O5S/c20-17-12-11-14(13-18(17)22(24)25)19(23)21(15-7-3-1-4-8-15)28(26,27)16-9-5-2-6-10-16/h1-13H. The predicted octanol–water partition coefficient (Wildman–Crippen LogP) is 4.28. The number of carbonyl (C=O) groups excluding carboxylic acids is 1. The molecule has 0 aliphatic rings. The number of hydrogen-bond acceptors (Lipinski definition) is 5. The number of nitro groups is 1. The van der Waals surface area contributed by atoms with Crippen LogP contribution in [0.4, 0.5) is 11.4 Å². The van der Waals surface area contributed by atoms with E-state index in [1.54, 1.807) is 24.3 Å². The zero-order chi connectivity index (χ0) is 20.3. The Balaban J connectivity index is 2.17. The molecule has 142 valence electrons. The van der Waals surface area contributed by atoms with Gasteiger partial charge < -0.3 is 0 Å². The van der Waals surface area contributed by atoms with Crippen molar-refractivity contribution in [3.63, 3.8) is 0 Å². The number of nitrogens with zero attached hydrogens (tertiary/aromatic N) is 2. The second-order valence-corrected chi connectivity index (χ2v) is 7.84. The van der Waals surface area contributed by atoms with E-state index in [0.717, 1.165) is 6.07 Å². The normalized spacial score (nSPS) is 11.0. The molecule has 0 N–H and O–H groups in total. The highest BCUT2D eigenvalue weighted by atomic mass is 35.5. The van der Waals surface area contributed by atoms with Crippen LogP contribution in [0.2, 0.25) is 5.02 Å². The summed E-state index contributed by atoms with van der Waals surface area (Å²) in [4.78, 5) is 23.4. The molecule has 0 bridgehead atoms. The molecule has 1 amide bonds. The molecule has 0 aliphatic heterocycles. The topological polar surface area (TPSA) is 97.6 Å². The van der Waals surface area contributed by atoms with Gasteiger partial charge in [-0.15, -0.1) is 0 Å². The molecule has 0 spiro atoms. The molecule has 0 aromatic heterocycles. The molecular formula is C19H13ClN2O5S. The van der Waals surface area contributed by atoms with Gasteiger partial charge in [0.1, 0.15) is 5.02 Å². The number of hydrogen-bond donors (Lipinski definition) is 0. The van der Waals surface area contributed by atoms with Gasteiger partial charge in [0.15, 0.2) is 0 Å². The van der Waals surface area contributed by atoms with E-state index in [1.807, 2.05) is 0 Å². The fraction of sp³-hybridized carbons (Fsp3) is 0. The molecule has 3 rings (SSSR count). The Morgan fingerprint density at radius 2 is 1.50 bits per heavy atom. The average Bonchev–Trinajstić information content (AvgIpc) is 2.69. The molecule has 3 aromatic rings. The van der Waals surface area contributed by atoms with Gasteiger partial charge in [0, 0.05) is 11.6 Å². The summed E-state index contributed by atoms with van der Waals surface area (Å²) < 4.78 is 27.0. The van der Waals surface area contributed by atoms with Gasteiger partial charge in [-0.05, 0) is 36.4 Å². The number of rotatable bonds is 5. The van der Waals surface area contributed by atoms with E-state index in [0.29, 0.717) is 4.31 Å². The number of benzene rings is 3. The molecule has 0 unspecified atom stereocenters. The van der Waals surface area contributed by atoms with Gasteiger partial charge in [0.05, 0.1) is 15.5 Å². The van der Waals surface area contributed by atoms with E-state index < -0.39 is 26.5 Å². The van der Waals surface area contributed by atoms with Crippen molar-refractivity contribution in [1.82, 2.24) is 0 Å². The van der Waals surface area contributed by atoms with E-state index in [9.17, 15) is 23.3 Å². The molecule has 28 heavy (non-hydrogen) atoms. The van der Waals surface area contributed by atoms with Crippen molar-refractivity contribution in [1.29, 1.82) is 0 Å². The van der Waals surface area contributed by atoms with Crippen molar-refractivity contribution in [2.45, 2.75) is 4.90 Å². The summed E-state index contributed by atoms with van der Waals surface area (Å²) in [5.41, 5.74) is -0.564. The quantitative estimate of drug-likeness (QED) is 0.456. The number of carbonyl (C=O) groups is 1. The maximum Gasteiger partial charge on any atom is 0.288 e. The van der Waals surface area contributed by atoms with E-state index in [1.165, 1.54) is 48.5 Å². The van der Waals surface area contributed by atoms with E-state index >= 15 is 0 Å². The van der Waals surface area contributed by atoms with Gasteiger partial charge in [-0.2, -0.15) is 4.31 Å². The third kappa shape index (κ3) is 3.73. The third-order valence-corrected chi connectivity index (χ3v) is 5.89. The average molecular weight is 417 g/mol. The van der Waals surface area contributed by atoms with Gasteiger partial charge in [0.2, 0.25) is 0 Å². The van der Waals surface area contributed by atoms with E-state index in [-0.39, 0.29) is 21.2 Å². The number of para-hydroxylation sites is 1. The predicted molar refractivity (Wildman–Crippen MR) is 105 cm³/mol. The lowest BCUT2D eigenvalue weighted by molar-refractivity contribution is -0.384. The first kappa shape index (κ1) is 19.5. The van der Waals surface area contributed by atoms with Crippen molar-refractivity contribution in [2.75, 3.05) is 4.31 Å². The van der Waals surface area contributed by atoms with Crippen molar-refractivity contribution >= 4 is 38.9 Å². The Morgan fingerprint density at radius 3 is 2.07 bits per heavy atom. The molecule has 3 aromatic carbocycles. The molecule has 0 aliphatic carbocycles. The van der Waals surface area contributed by atoms with Crippen LogP contribution in [-0.4, -0.2) is 19.2 Å². The maximum absolute atomic E-state index is 13.2. The van der Waals surface area contributed by atoms with Crippen LogP contribution in [0.3, 0.4) is 0 Å². The number of amides is 1. The zero-order valence-electron chi connectivity index (χ0n) is 14.2. The van der Waals surface area contributed by atoms with Crippen molar-refractivity contribution < 1.29 is 18.1 Å². The largest absolute Gasteiger partial charge is 0.288 e. The van der Waals surface area contributed by atoms with Crippen LogP contribution in [0.5, 0.6) is 0 Å². The first-order valence-corrected chi connectivity index (χ1v) is 9.78. The van der Waals surface area contributed by atoms with Crippen LogP contribution >= 0.6 is 11.6 Å². The number of halogens is 1. The Kier molecular flexibility index (Phi) is 5.43. The molecule has 0 radical (unpaired) electrons. The Bertz CT molecular complexity index is 1140. The van der Waals surface area contributed by atoms with Gasteiger partial charge in [-0.3, -0.25) is 14.9 Å². The molecule has 9 heteroatoms. The van der Waals surface area contributed by atoms with Crippen LogP contribution in [-0.2, 0) is 10.0 Å². The fourth-order valence-electron chi connectivity index (χ4n) is 2.53. The number of nitro benzene ring substituents is 1. The van der Waals surface area contributed by atoms with Crippen molar-refractivity contribution in [3.05, 3.63) is 99.6 Å². The van der Waals surface area contributed by atoms with E-state index in [2.05, 4.69) is 0 Å². The van der Waals surface area contributed by atoms with Crippen molar-refractivity contribution in [3.8, 4) is 0 Å². The highest BCUT2D eigenvalue weighted by molar-refractivity contribution is 7.93. The molecule has 0 saturated carbocycles. The molecule has 0 fully saturated rings. The summed E-state index contributed by atoms with van der Waals surface area (Å²) in [6.45, 7) is 0. The molecule has 0 saturated heterocycles. The summed E-state index contributed by atoms with van der Waals surface area (Å²) in [5, 5.41) is 11.0. The Labute approximate surface area is 166 Å². The minimum absolute atomic E-state index is 0.0873. The second-order valence-electron chi connectivity index (χ2n) is 5.65. The first-order valence-electron chi connectivity index (χ1n) is 7.96. The number of sulfonamides is 1. The Morgan fingerprint density at radius 1 is 0.929 bits per heavy atom. The van der Waals surface area contributed by atoms with E-state index in [4.69, 9.17) is 11.6 Å². The third-order valence-electron chi connectivity index (χ3n) is 3.85. The second kappa shape index (κ2) is 7.79. The van der Waals surface area contributed by atoms with Crippen LogP contribution in [0.1, 0.15) is 10.4 Å². The summed E-state index contributed by atoms with van der Waals surface area (Å²) in [6.07, 6.45) is 0. The minimum Gasteiger partial charge on any atom is -0.268 e. The summed E-state index contributed by atoms with van der Waals surface area (Å²) in [6, 6.07) is 18.6. The monoisotopic (exact) mass is 416 g/mol. The van der Waals surface area contributed by atoms with Crippen LogP contribution < -0.4 is 4.31 Å². The van der Waals surface area contributed by atoms with Gasteiger partial charge >= 0.3 is 0 Å².